The van der Waals surface area contributed by atoms with E-state index in [1.54, 1.807) is 36.2 Å². The maximum absolute atomic E-state index is 10.2. The molecular weight excluding hydrogens is 210 g/mol. The molecule has 2 heterocycles. The SMILES string of the molecule is COc1ccn2ncc(/C=C/[N+](=O)[O-])c2c1. The van der Waals surface area contributed by atoms with Crippen LogP contribution in [0.3, 0.4) is 0 Å². The zero-order valence-electron chi connectivity index (χ0n) is 8.53. The molecule has 0 unspecified atom stereocenters. The van der Waals surface area contributed by atoms with E-state index in [4.69, 9.17) is 4.74 Å². The van der Waals surface area contributed by atoms with Crippen molar-refractivity contribution in [1.82, 2.24) is 9.61 Å². The summed E-state index contributed by atoms with van der Waals surface area (Å²) in [5.41, 5.74) is 1.44. The molecule has 0 aliphatic heterocycles. The van der Waals surface area contributed by atoms with E-state index in [1.807, 2.05) is 0 Å². The first-order valence-electron chi connectivity index (χ1n) is 4.54. The number of nitrogens with zero attached hydrogens (tertiary/aromatic N) is 3. The highest BCUT2D eigenvalue weighted by Gasteiger charge is 2.03. The number of pyridine rings is 1. The molecule has 0 amide bonds. The van der Waals surface area contributed by atoms with Crippen LogP contribution in [0.25, 0.3) is 11.6 Å². The summed E-state index contributed by atoms with van der Waals surface area (Å²) in [4.78, 5) is 9.71. The lowest BCUT2D eigenvalue weighted by atomic mass is 10.2. The van der Waals surface area contributed by atoms with Crippen molar-refractivity contribution >= 4 is 11.6 Å². The molecule has 6 heteroatoms. The summed E-state index contributed by atoms with van der Waals surface area (Å²) < 4.78 is 6.70. The lowest BCUT2D eigenvalue weighted by Gasteiger charge is -1.99. The van der Waals surface area contributed by atoms with Crippen LogP contribution in [0.15, 0.2) is 30.7 Å². The monoisotopic (exact) mass is 219 g/mol. The van der Waals surface area contributed by atoms with E-state index in [9.17, 15) is 10.1 Å². The standard InChI is InChI=1S/C10H9N3O3/c1-16-9-3-4-12-10(6-9)8(7-11-12)2-5-13(14)15/h2-7H,1H3/b5-2+. The minimum absolute atomic E-state index is 0.510. The van der Waals surface area contributed by atoms with Crippen molar-refractivity contribution in [3.8, 4) is 5.75 Å². The number of rotatable bonds is 3. The maximum atomic E-state index is 10.2. The Bertz CT molecular complexity index is 559. The van der Waals surface area contributed by atoms with Gasteiger partial charge in [-0.2, -0.15) is 5.10 Å². The molecule has 0 aromatic carbocycles. The van der Waals surface area contributed by atoms with Gasteiger partial charge in [0.05, 0.1) is 23.7 Å². The fourth-order valence-corrected chi connectivity index (χ4v) is 1.38. The molecule has 16 heavy (non-hydrogen) atoms. The summed E-state index contributed by atoms with van der Waals surface area (Å²) in [7, 11) is 1.56. The number of hydrogen-bond acceptors (Lipinski definition) is 4. The highest BCUT2D eigenvalue weighted by molar-refractivity contribution is 5.69. The fraction of sp³-hybridized carbons (Fsp3) is 0.100. The minimum Gasteiger partial charge on any atom is -0.497 e. The van der Waals surface area contributed by atoms with E-state index in [0.717, 1.165) is 11.7 Å². The molecule has 0 saturated heterocycles. The molecule has 0 bridgehead atoms. The number of aromatic nitrogens is 2. The number of fused-ring (bicyclic) bond motifs is 1. The lowest BCUT2D eigenvalue weighted by molar-refractivity contribution is -0.400. The second-order valence-corrected chi connectivity index (χ2v) is 3.10. The van der Waals surface area contributed by atoms with Crippen molar-refractivity contribution in [2.75, 3.05) is 7.11 Å². The van der Waals surface area contributed by atoms with Crippen LogP contribution in [-0.2, 0) is 0 Å². The predicted molar refractivity (Wildman–Crippen MR) is 57.8 cm³/mol. The van der Waals surface area contributed by atoms with Crippen molar-refractivity contribution in [3.05, 3.63) is 46.4 Å². The molecule has 0 aliphatic carbocycles. The van der Waals surface area contributed by atoms with Gasteiger partial charge in [0.15, 0.2) is 0 Å². The van der Waals surface area contributed by atoms with Crippen molar-refractivity contribution in [3.63, 3.8) is 0 Å². The van der Waals surface area contributed by atoms with Crippen LogP contribution < -0.4 is 4.74 Å². The number of nitro groups is 1. The number of methoxy groups -OCH3 is 1. The molecular formula is C10H9N3O3. The van der Waals surface area contributed by atoms with Crippen LogP contribution in [0.1, 0.15) is 5.56 Å². The molecule has 0 aliphatic rings. The molecule has 0 fully saturated rings. The van der Waals surface area contributed by atoms with Crippen LogP contribution in [0.2, 0.25) is 0 Å². The molecule has 0 spiro atoms. The fourth-order valence-electron chi connectivity index (χ4n) is 1.38. The third kappa shape index (κ3) is 1.85. The Morgan fingerprint density at radius 1 is 1.62 bits per heavy atom. The van der Waals surface area contributed by atoms with Gasteiger partial charge in [-0.05, 0) is 6.07 Å². The van der Waals surface area contributed by atoms with Gasteiger partial charge in [-0.25, -0.2) is 4.52 Å². The van der Waals surface area contributed by atoms with E-state index in [-0.39, 0.29) is 0 Å². The van der Waals surface area contributed by atoms with Gasteiger partial charge in [-0.15, -0.1) is 0 Å². The summed E-state index contributed by atoms with van der Waals surface area (Å²) in [6.07, 6.45) is 5.59. The quantitative estimate of drug-likeness (QED) is 0.580. The Hall–Kier alpha value is -2.37. The van der Waals surface area contributed by atoms with Gasteiger partial charge in [-0.3, -0.25) is 10.1 Å². The second-order valence-electron chi connectivity index (χ2n) is 3.10. The Kier molecular flexibility index (Phi) is 2.55. The van der Waals surface area contributed by atoms with Gasteiger partial charge >= 0.3 is 0 Å². The van der Waals surface area contributed by atoms with Crippen LogP contribution in [0.5, 0.6) is 5.75 Å². The Labute approximate surface area is 90.9 Å². The summed E-state index contributed by atoms with van der Waals surface area (Å²) in [6, 6.07) is 3.54. The predicted octanol–water partition coefficient (Wildman–Crippen LogP) is 1.59. The molecule has 0 radical (unpaired) electrons. The van der Waals surface area contributed by atoms with Gasteiger partial charge in [0.25, 0.3) is 0 Å². The van der Waals surface area contributed by atoms with E-state index >= 15 is 0 Å². The van der Waals surface area contributed by atoms with E-state index in [0.29, 0.717) is 11.3 Å². The third-order valence-electron chi connectivity index (χ3n) is 2.13. The highest BCUT2D eigenvalue weighted by Crippen LogP contribution is 2.18. The largest absolute Gasteiger partial charge is 0.497 e. The summed E-state index contributed by atoms with van der Waals surface area (Å²) in [5, 5.41) is 14.3. The first-order valence-corrected chi connectivity index (χ1v) is 4.54. The van der Waals surface area contributed by atoms with Gasteiger partial charge in [0, 0.05) is 23.9 Å². The third-order valence-corrected chi connectivity index (χ3v) is 2.13. The first kappa shape index (κ1) is 10.2. The zero-order valence-corrected chi connectivity index (χ0v) is 8.53. The number of ether oxygens (including phenoxy) is 1. The summed E-state index contributed by atoms with van der Waals surface area (Å²) >= 11 is 0. The Balaban J connectivity index is 2.49. The molecule has 0 N–H and O–H groups in total. The summed E-state index contributed by atoms with van der Waals surface area (Å²) in [6.45, 7) is 0. The van der Waals surface area contributed by atoms with Crippen LogP contribution in [-0.4, -0.2) is 21.6 Å². The molecule has 82 valence electrons. The smallest absolute Gasteiger partial charge is 0.235 e. The average Bonchev–Trinajstić information content (AvgIpc) is 2.68. The van der Waals surface area contributed by atoms with Crippen molar-refractivity contribution in [2.45, 2.75) is 0 Å². The molecule has 2 aromatic heterocycles. The first-order chi connectivity index (χ1) is 7.70. The number of hydrogen-bond donors (Lipinski definition) is 0. The lowest BCUT2D eigenvalue weighted by Crippen LogP contribution is -1.88. The van der Waals surface area contributed by atoms with Crippen molar-refractivity contribution < 1.29 is 9.66 Å². The molecule has 2 rings (SSSR count). The Morgan fingerprint density at radius 2 is 2.44 bits per heavy atom. The van der Waals surface area contributed by atoms with Crippen LogP contribution in [0.4, 0.5) is 0 Å². The average molecular weight is 219 g/mol. The van der Waals surface area contributed by atoms with Gasteiger partial charge in [0.2, 0.25) is 6.20 Å². The normalized spacial score (nSPS) is 11.1. The van der Waals surface area contributed by atoms with Gasteiger partial charge < -0.3 is 4.74 Å². The van der Waals surface area contributed by atoms with E-state index in [2.05, 4.69) is 5.10 Å². The topological polar surface area (TPSA) is 69.7 Å². The second kappa shape index (κ2) is 4.01. The van der Waals surface area contributed by atoms with Crippen molar-refractivity contribution in [1.29, 1.82) is 0 Å². The molecule has 0 atom stereocenters. The van der Waals surface area contributed by atoms with E-state index < -0.39 is 4.92 Å². The Morgan fingerprint density at radius 3 is 3.12 bits per heavy atom. The summed E-state index contributed by atoms with van der Waals surface area (Å²) in [5.74, 6) is 0.684. The van der Waals surface area contributed by atoms with Crippen molar-refractivity contribution in [2.24, 2.45) is 0 Å². The molecule has 6 nitrogen and oxygen atoms in total. The van der Waals surface area contributed by atoms with Crippen LogP contribution in [0, 0.1) is 10.1 Å². The highest BCUT2D eigenvalue weighted by atomic mass is 16.6. The van der Waals surface area contributed by atoms with Crippen LogP contribution >= 0.6 is 0 Å². The minimum atomic E-state index is -0.510. The molecule has 2 aromatic rings. The maximum Gasteiger partial charge on any atom is 0.235 e. The molecule has 0 saturated carbocycles. The zero-order chi connectivity index (χ0) is 11.5. The van der Waals surface area contributed by atoms with Gasteiger partial charge in [0.1, 0.15) is 5.75 Å². The van der Waals surface area contributed by atoms with E-state index in [1.165, 1.54) is 6.08 Å². The van der Waals surface area contributed by atoms with Gasteiger partial charge in [-0.1, -0.05) is 0 Å².